The number of carbonyl (C=O) groups is 1. The van der Waals surface area contributed by atoms with E-state index in [0.717, 1.165) is 0 Å². The van der Waals surface area contributed by atoms with Crippen LogP contribution in [0.5, 0.6) is 5.75 Å². The van der Waals surface area contributed by atoms with Gasteiger partial charge in [-0.15, -0.1) is 0 Å². The molecule has 0 aliphatic heterocycles. The Kier molecular flexibility index (Phi) is 2.87. The van der Waals surface area contributed by atoms with Crippen molar-refractivity contribution in [1.82, 2.24) is 0 Å². The summed E-state index contributed by atoms with van der Waals surface area (Å²) in [5.74, 6) is -0.936. The SMILES string of the molecule is N[C@@H](Cc1[c]cc(O)cc1)C(=O)O. The molecule has 0 aliphatic carbocycles. The summed E-state index contributed by atoms with van der Waals surface area (Å²) in [6, 6.07) is 6.26. The van der Waals surface area contributed by atoms with Crippen LogP contribution in [0.15, 0.2) is 18.2 Å². The summed E-state index contributed by atoms with van der Waals surface area (Å²) in [5, 5.41) is 17.4. The first-order valence-corrected chi connectivity index (χ1v) is 3.77. The van der Waals surface area contributed by atoms with E-state index < -0.39 is 12.0 Å². The van der Waals surface area contributed by atoms with E-state index in [0.29, 0.717) is 5.56 Å². The first-order chi connectivity index (χ1) is 6.09. The van der Waals surface area contributed by atoms with Crippen LogP contribution in [-0.2, 0) is 11.2 Å². The Hall–Kier alpha value is -1.55. The topological polar surface area (TPSA) is 83.5 Å². The molecule has 1 aromatic rings. The van der Waals surface area contributed by atoms with E-state index in [2.05, 4.69) is 6.07 Å². The lowest BCUT2D eigenvalue weighted by molar-refractivity contribution is -0.138. The number of phenols is 1. The molecule has 69 valence electrons. The summed E-state index contributed by atoms with van der Waals surface area (Å²) >= 11 is 0. The second kappa shape index (κ2) is 3.91. The fourth-order valence-electron chi connectivity index (χ4n) is 0.900. The molecule has 4 heteroatoms. The molecule has 0 spiro atoms. The van der Waals surface area contributed by atoms with E-state index in [1.807, 2.05) is 0 Å². The third-order valence-electron chi connectivity index (χ3n) is 1.62. The largest absolute Gasteiger partial charge is 0.508 e. The number of carboxylic acid groups (broad SMARTS) is 1. The quantitative estimate of drug-likeness (QED) is 0.618. The minimum absolute atomic E-state index is 0.104. The highest BCUT2D eigenvalue weighted by molar-refractivity contribution is 5.73. The Labute approximate surface area is 75.6 Å². The van der Waals surface area contributed by atoms with Gasteiger partial charge in [-0.25, -0.2) is 0 Å². The van der Waals surface area contributed by atoms with Gasteiger partial charge in [0.2, 0.25) is 0 Å². The van der Waals surface area contributed by atoms with Gasteiger partial charge in [-0.1, -0.05) is 6.07 Å². The molecule has 1 aromatic carbocycles. The highest BCUT2D eigenvalue weighted by atomic mass is 16.4. The second-order valence-corrected chi connectivity index (χ2v) is 2.72. The van der Waals surface area contributed by atoms with E-state index in [-0.39, 0.29) is 12.2 Å². The van der Waals surface area contributed by atoms with Gasteiger partial charge >= 0.3 is 5.97 Å². The van der Waals surface area contributed by atoms with Crippen molar-refractivity contribution < 1.29 is 15.0 Å². The van der Waals surface area contributed by atoms with Crippen molar-refractivity contribution in [3.05, 3.63) is 29.8 Å². The molecule has 0 fully saturated rings. The molecule has 4 nitrogen and oxygen atoms in total. The molecule has 0 unspecified atom stereocenters. The highest BCUT2D eigenvalue weighted by Crippen LogP contribution is 2.09. The Morgan fingerprint density at radius 3 is 2.77 bits per heavy atom. The Bertz CT molecular complexity index is 294. The van der Waals surface area contributed by atoms with Crippen molar-refractivity contribution in [1.29, 1.82) is 0 Å². The monoisotopic (exact) mass is 180 g/mol. The molecule has 4 N–H and O–H groups in total. The van der Waals surface area contributed by atoms with E-state index in [4.69, 9.17) is 15.9 Å². The molecule has 0 saturated heterocycles. The maximum absolute atomic E-state index is 10.4. The Morgan fingerprint density at radius 1 is 1.62 bits per heavy atom. The number of phenolic OH excluding ortho intramolecular Hbond substituents is 1. The predicted molar refractivity (Wildman–Crippen MR) is 46.3 cm³/mol. The summed E-state index contributed by atoms with van der Waals surface area (Å²) in [4.78, 5) is 10.4. The average molecular weight is 180 g/mol. The standard InChI is InChI=1S/C9H10NO3/c10-8(9(12)13)5-6-1-3-7(11)4-2-6/h1,3-4,8,11H,5,10H2,(H,12,13)/t8-/m0/s1. The van der Waals surface area contributed by atoms with Gasteiger partial charge in [0.15, 0.2) is 0 Å². The van der Waals surface area contributed by atoms with Crippen molar-refractivity contribution in [2.45, 2.75) is 12.5 Å². The number of hydrogen-bond acceptors (Lipinski definition) is 3. The summed E-state index contributed by atoms with van der Waals surface area (Å²) < 4.78 is 0. The van der Waals surface area contributed by atoms with E-state index in [1.165, 1.54) is 12.1 Å². The van der Waals surface area contributed by atoms with Crippen molar-refractivity contribution in [3.63, 3.8) is 0 Å². The molecule has 1 atom stereocenters. The van der Waals surface area contributed by atoms with E-state index in [9.17, 15) is 4.79 Å². The number of hydrogen-bond donors (Lipinski definition) is 3. The first kappa shape index (κ1) is 9.54. The maximum atomic E-state index is 10.4. The molecule has 0 bridgehead atoms. The van der Waals surface area contributed by atoms with Crippen molar-refractivity contribution in [2.75, 3.05) is 0 Å². The lowest BCUT2D eigenvalue weighted by Gasteiger charge is -2.05. The van der Waals surface area contributed by atoms with Crippen LogP contribution in [0.4, 0.5) is 0 Å². The van der Waals surface area contributed by atoms with Crippen LogP contribution < -0.4 is 5.73 Å². The Balaban J connectivity index is 2.64. The van der Waals surface area contributed by atoms with Crippen molar-refractivity contribution >= 4 is 5.97 Å². The zero-order valence-electron chi connectivity index (χ0n) is 6.90. The number of benzene rings is 1. The van der Waals surface area contributed by atoms with Crippen LogP contribution in [-0.4, -0.2) is 22.2 Å². The van der Waals surface area contributed by atoms with Gasteiger partial charge in [-0.2, -0.15) is 0 Å². The number of rotatable bonds is 3. The summed E-state index contributed by atoms with van der Waals surface area (Å²) in [7, 11) is 0. The summed E-state index contributed by atoms with van der Waals surface area (Å²) in [6.45, 7) is 0. The van der Waals surface area contributed by atoms with Crippen molar-refractivity contribution in [2.24, 2.45) is 5.73 Å². The minimum Gasteiger partial charge on any atom is -0.508 e. The van der Waals surface area contributed by atoms with Crippen LogP contribution in [0.25, 0.3) is 0 Å². The third-order valence-corrected chi connectivity index (χ3v) is 1.62. The van der Waals surface area contributed by atoms with Gasteiger partial charge in [-0.05, 0) is 30.2 Å². The lowest BCUT2D eigenvalue weighted by atomic mass is 10.1. The smallest absolute Gasteiger partial charge is 0.320 e. The third kappa shape index (κ3) is 2.76. The fourth-order valence-corrected chi connectivity index (χ4v) is 0.900. The molecule has 0 heterocycles. The first-order valence-electron chi connectivity index (χ1n) is 3.77. The van der Waals surface area contributed by atoms with Gasteiger partial charge in [0.1, 0.15) is 11.8 Å². The van der Waals surface area contributed by atoms with Crippen LogP contribution in [0, 0.1) is 6.07 Å². The van der Waals surface area contributed by atoms with Crippen molar-refractivity contribution in [3.8, 4) is 5.75 Å². The minimum atomic E-state index is -1.04. The average Bonchev–Trinajstić information content (AvgIpc) is 2.08. The fraction of sp³-hybridized carbons (Fsp3) is 0.222. The van der Waals surface area contributed by atoms with Crippen LogP contribution in [0.3, 0.4) is 0 Å². The zero-order chi connectivity index (χ0) is 9.84. The molecule has 1 rings (SSSR count). The lowest BCUT2D eigenvalue weighted by Crippen LogP contribution is -2.32. The summed E-state index contributed by atoms with van der Waals surface area (Å²) in [5.41, 5.74) is 5.98. The Morgan fingerprint density at radius 2 is 2.31 bits per heavy atom. The molecule has 0 aliphatic rings. The van der Waals surface area contributed by atoms with Crippen LogP contribution in [0.2, 0.25) is 0 Å². The van der Waals surface area contributed by atoms with E-state index >= 15 is 0 Å². The summed E-state index contributed by atoms with van der Waals surface area (Å²) in [6.07, 6.45) is 0.218. The molecule has 1 radical (unpaired) electrons. The molecule has 0 aromatic heterocycles. The molecular formula is C9H10NO3. The second-order valence-electron chi connectivity index (χ2n) is 2.72. The molecule has 0 saturated carbocycles. The van der Waals surface area contributed by atoms with Crippen LogP contribution in [0.1, 0.15) is 5.56 Å². The predicted octanol–water partition coefficient (Wildman–Crippen LogP) is 0.147. The van der Waals surface area contributed by atoms with Gasteiger partial charge in [0.05, 0.1) is 0 Å². The number of aromatic hydroxyl groups is 1. The normalized spacial score (nSPS) is 12.4. The van der Waals surface area contributed by atoms with Gasteiger partial charge in [-0.3, -0.25) is 4.79 Å². The highest BCUT2D eigenvalue weighted by Gasteiger charge is 2.11. The maximum Gasteiger partial charge on any atom is 0.320 e. The molecule has 0 amide bonds. The van der Waals surface area contributed by atoms with Gasteiger partial charge in [0.25, 0.3) is 0 Å². The molecular weight excluding hydrogens is 170 g/mol. The zero-order valence-corrected chi connectivity index (χ0v) is 6.90. The van der Waals surface area contributed by atoms with Gasteiger partial charge < -0.3 is 15.9 Å². The van der Waals surface area contributed by atoms with Gasteiger partial charge in [0, 0.05) is 0 Å². The molecule has 13 heavy (non-hydrogen) atoms. The number of carboxylic acids is 1. The van der Waals surface area contributed by atoms with E-state index in [1.54, 1.807) is 6.07 Å². The van der Waals surface area contributed by atoms with Crippen LogP contribution >= 0.6 is 0 Å². The number of aliphatic carboxylic acids is 1. The number of nitrogens with two attached hydrogens (primary N) is 1.